The van der Waals surface area contributed by atoms with Crippen LogP contribution in [0.4, 0.5) is 8.78 Å². The van der Waals surface area contributed by atoms with Gasteiger partial charge in [0, 0.05) is 26.2 Å². The highest BCUT2D eigenvalue weighted by molar-refractivity contribution is 5.97. The summed E-state index contributed by atoms with van der Waals surface area (Å²) in [6.45, 7) is 0.494. The lowest BCUT2D eigenvalue weighted by Crippen LogP contribution is -2.51. The molecular formula is C21H22F2N2O3. The standard InChI is InChI=1S/C21H22F2N2O3/c1-15-6-2-3-7-16(15)14-19(26)24-10-12-25(13-11-24)20(27)17-8-4-5-9-18(17)28-21(22)23/h2-9,21H,10-14H2,1H3. The Morgan fingerprint density at radius 1 is 0.964 bits per heavy atom. The van der Waals surface area contributed by atoms with E-state index < -0.39 is 6.61 Å². The van der Waals surface area contributed by atoms with Crippen molar-refractivity contribution in [1.29, 1.82) is 0 Å². The SMILES string of the molecule is Cc1ccccc1CC(=O)N1CCN(C(=O)c2ccccc2OC(F)F)CC1. The van der Waals surface area contributed by atoms with Gasteiger partial charge in [0.2, 0.25) is 5.91 Å². The lowest BCUT2D eigenvalue weighted by Gasteiger charge is -2.35. The highest BCUT2D eigenvalue weighted by Crippen LogP contribution is 2.22. The van der Waals surface area contributed by atoms with Crippen LogP contribution in [0.25, 0.3) is 0 Å². The van der Waals surface area contributed by atoms with Crippen LogP contribution in [0.1, 0.15) is 21.5 Å². The second-order valence-corrected chi connectivity index (χ2v) is 6.65. The van der Waals surface area contributed by atoms with Gasteiger partial charge in [0.05, 0.1) is 12.0 Å². The fourth-order valence-electron chi connectivity index (χ4n) is 3.25. The van der Waals surface area contributed by atoms with E-state index in [1.165, 1.54) is 18.2 Å². The van der Waals surface area contributed by atoms with Crippen molar-refractivity contribution in [2.45, 2.75) is 20.0 Å². The van der Waals surface area contributed by atoms with Gasteiger partial charge < -0.3 is 14.5 Å². The molecule has 7 heteroatoms. The number of hydrogen-bond acceptors (Lipinski definition) is 3. The molecular weight excluding hydrogens is 366 g/mol. The van der Waals surface area contributed by atoms with Gasteiger partial charge in [0.25, 0.3) is 5.91 Å². The van der Waals surface area contributed by atoms with Crippen LogP contribution in [0.5, 0.6) is 5.75 Å². The Labute approximate surface area is 162 Å². The van der Waals surface area contributed by atoms with Gasteiger partial charge in [-0.15, -0.1) is 0 Å². The van der Waals surface area contributed by atoms with Crippen molar-refractivity contribution in [3.63, 3.8) is 0 Å². The second kappa shape index (κ2) is 8.82. The number of alkyl halides is 2. The highest BCUT2D eigenvalue weighted by Gasteiger charge is 2.27. The summed E-state index contributed by atoms with van der Waals surface area (Å²) in [7, 11) is 0. The minimum Gasteiger partial charge on any atom is -0.434 e. The predicted octanol–water partition coefficient (Wildman–Crippen LogP) is 3.12. The van der Waals surface area contributed by atoms with E-state index in [0.29, 0.717) is 32.6 Å². The minimum atomic E-state index is -3.00. The van der Waals surface area contributed by atoms with Crippen LogP contribution in [-0.4, -0.2) is 54.4 Å². The zero-order valence-electron chi connectivity index (χ0n) is 15.6. The lowest BCUT2D eigenvalue weighted by atomic mass is 10.1. The molecule has 0 aromatic heterocycles. The molecule has 0 bridgehead atoms. The van der Waals surface area contributed by atoms with Crippen molar-refractivity contribution in [1.82, 2.24) is 9.80 Å². The average molecular weight is 388 g/mol. The molecule has 0 atom stereocenters. The number of piperazine rings is 1. The van der Waals surface area contributed by atoms with E-state index in [2.05, 4.69) is 4.74 Å². The molecule has 0 spiro atoms. The van der Waals surface area contributed by atoms with Crippen LogP contribution < -0.4 is 4.74 Å². The first-order valence-electron chi connectivity index (χ1n) is 9.11. The molecule has 1 heterocycles. The Hall–Kier alpha value is -2.96. The molecule has 2 amide bonds. The van der Waals surface area contributed by atoms with Gasteiger partial charge >= 0.3 is 6.61 Å². The van der Waals surface area contributed by atoms with E-state index in [-0.39, 0.29) is 23.1 Å². The quantitative estimate of drug-likeness (QED) is 0.791. The third-order valence-corrected chi connectivity index (χ3v) is 4.86. The van der Waals surface area contributed by atoms with Gasteiger partial charge in [0.15, 0.2) is 0 Å². The molecule has 0 N–H and O–H groups in total. The summed E-state index contributed by atoms with van der Waals surface area (Å²) in [6, 6.07) is 13.7. The molecule has 1 fully saturated rings. The number of aryl methyl sites for hydroxylation is 1. The van der Waals surface area contributed by atoms with Gasteiger partial charge in [-0.2, -0.15) is 8.78 Å². The average Bonchev–Trinajstić information content (AvgIpc) is 2.69. The first kappa shape index (κ1) is 19.8. The molecule has 2 aromatic carbocycles. The lowest BCUT2D eigenvalue weighted by molar-refractivity contribution is -0.131. The van der Waals surface area contributed by atoms with E-state index in [9.17, 15) is 18.4 Å². The molecule has 148 valence electrons. The third kappa shape index (κ3) is 4.65. The maximum atomic E-state index is 12.7. The molecule has 0 aliphatic carbocycles. The molecule has 0 unspecified atom stereocenters. The number of halogens is 2. The van der Waals surface area contributed by atoms with Crippen molar-refractivity contribution >= 4 is 11.8 Å². The molecule has 2 aromatic rings. The second-order valence-electron chi connectivity index (χ2n) is 6.65. The summed E-state index contributed by atoms with van der Waals surface area (Å²) in [5.74, 6) is -0.495. The zero-order chi connectivity index (χ0) is 20.1. The molecule has 0 radical (unpaired) electrons. The van der Waals surface area contributed by atoms with E-state index >= 15 is 0 Å². The van der Waals surface area contributed by atoms with Crippen LogP contribution in [0.3, 0.4) is 0 Å². The van der Waals surface area contributed by atoms with E-state index in [0.717, 1.165) is 11.1 Å². The third-order valence-electron chi connectivity index (χ3n) is 4.86. The summed E-state index contributed by atoms with van der Waals surface area (Å²) in [5.41, 5.74) is 2.16. The largest absolute Gasteiger partial charge is 0.434 e. The number of hydrogen-bond donors (Lipinski definition) is 0. The summed E-state index contributed by atoms with van der Waals surface area (Å²) in [4.78, 5) is 28.6. The number of carbonyl (C=O) groups is 2. The monoisotopic (exact) mass is 388 g/mol. The van der Waals surface area contributed by atoms with Crippen molar-refractivity contribution in [2.24, 2.45) is 0 Å². The number of nitrogens with zero attached hydrogens (tertiary/aromatic N) is 2. The maximum Gasteiger partial charge on any atom is 0.387 e. The number of carbonyl (C=O) groups excluding carboxylic acids is 2. The summed E-state index contributed by atoms with van der Waals surface area (Å²) in [6.07, 6.45) is 0.325. The van der Waals surface area contributed by atoms with Gasteiger partial charge in [-0.3, -0.25) is 9.59 Å². The van der Waals surface area contributed by atoms with Crippen LogP contribution in [0.2, 0.25) is 0 Å². The number of amides is 2. The maximum absolute atomic E-state index is 12.7. The fraction of sp³-hybridized carbons (Fsp3) is 0.333. The zero-order valence-corrected chi connectivity index (χ0v) is 15.6. The summed E-state index contributed by atoms with van der Waals surface area (Å²) < 4.78 is 29.6. The molecule has 1 aliphatic heterocycles. The van der Waals surface area contributed by atoms with Crippen molar-refractivity contribution in [3.8, 4) is 5.75 Å². The van der Waals surface area contributed by atoms with Gasteiger partial charge in [-0.1, -0.05) is 36.4 Å². The van der Waals surface area contributed by atoms with Crippen molar-refractivity contribution in [3.05, 3.63) is 65.2 Å². The van der Waals surface area contributed by atoms with Crippen molar-refractivity contribution < 1.29 is 23.1 Å². The van der Waals surface area contributed by atoms with Gasteiger partial charge in [0.1, 0.15) is 5.75 Å². The number of ether oxygens (including phenoxy) is 1. The van der Waals surface area contributed by atoms with Crippen LogP contribution in [-0.2, 0) is 11.2 Å². The first-order valence-corrected chi connectivity index (χ1v) is 9.11. The molecule has 28 heavy (non-hydrogen) atoms. The molecule has 5 nitrogen and oxygen atoms in total. The normalized spacial score (nSPS) is 14.3. The molecule has 3 rings (SSSR count). The van der Waals surface area contributed by atoms with Crippen LogP contribution in [0, 0.1) is 6.92 Å². The molecule has 1 aliphatic rings. The number of benzene rings is 2. The topological polar surface area (TPSA) is 49.9 Å². The minimum absolute atomic E-state index is 0.0165. The van der Waals surface area contributed by atoms with E-state index in [1.54, 1.807) is 15.9 Å². The number of para-hydroxylation sites is 1. The predicted molar refractivity (Wildman–Crippen MR) is 100 cm³/mol. The van der Waals surface area contributed by atoms with Crippen molar-refractivity contribution in [2.75, 3.05) is 26.2 Å². The first-order chi connectivity index (χ1) is 13.5. The Bertz CT molecular complexity index is 849. The highest BCUT2D eigenvalue weighted by atomic mass is 19.3. The smallest absolute Gasteiger partial charge is 0.387 e. The summed E-state index contributed by atoms with van der Waals surface area (Å²) in [5, 5.41) is 0. The van der Waals surface area contributed by atoms with E-state index in [1.807, 2.05) is 31.2 Å². The Morgan fingerprint density at radius 2 is 1.57 bits per heavy atom. The molecule has 0 saturated carbocycles. The van der Waals surface area contributed by atoms with Gasteiger partial charge in [-0.05, 0) is 30.2 Å². The Kier molecular flexibility index (Phi) is 6.23. The summed E-state index contributed by atoms with van der Waals surface area (Å²) >= 11 is 0. The Balaban J connectivity index is 1.60. The Morgan fingerprint density at radius 3 is 2.25 bits per heavy atom. The molecule has 1 saturated heterocycles. The fourth-order valence-corrected chi connectivity index (χ4v) is 3.25. The van der Waals surface area contributed by atoms with Crippen LogP contribution in [0.15, 0.2) is 48.5 Å². The van der Waals surface area contributed by atoms with Gasteiger partial charge in [-0.25, -0.2) is 0 Å². The van der Waals surface area contributed by atoms with Crippen LogP contribution >= 0.6 is 0 Å². The van der Waals surface area contributed by atoms with E-state index in [4.69, 9.17) is 0 Å². The number of rotatable bonds is 5.